The number of ketones is 1. The van der Waals surface area contributed by atoms with E-state index in [1.165, 1.54) is 0 Å². The molecule has 0 aromatic carbocycles. The Morgan fingerprint density at radius 2 is 2.58 bits per heavy atom. The number of nitrogens with one attached hydrogen (secondary N) is 2. The molecule has 0 amide bonds. The van der Waals surface area contributed by atoms with Crippen molar-refractivity contribution < 1.29 is 4.79 Å². The highest BCUT2D eigenvalue weighted by Gasteiger charge is 2.23. The Hall–Kier alpha value is -1.16. The molecule has 1 aliphatic rings. The molecule has 1 aliphatic heterocycles. The number of carbonyl (C=O) groups excluding carboxylic acids is 1. The van der Waals surface area contributed by atoms with Crippen molar-refractivity contribution in [2.45, 2.75) is 18.9 Å². The molecule has 1 unspecified atom stereocenters. The van der Waals surface area contributed by atoms with Crippen LogP contribution in [0.1, 0.15) is 23.3 Å². The molecule has 4 heteroatoms. The summed E-state index contributed by atoms with van der Waals surface area (Å²) in [5.41, 5.74) is 0.606. The van der Waals surface area contributed by atoms with Gasteiger partial charge in [0.15, 0.2) is 5.78 Å². The fourth-order valence-electron chi connectivity index (χ4n) is 1.49. The maximum atomic E-state index is 11.6. The van der Waals surface area contributed by atoms with Gasteiger partial charge in [-0.3, -0.25) is 9.89 Å². The molecule has 1 atom stereocenters. The number of Topliss-reactive ketones (excluding diaryl/α,β-unsaturated/α-hetero) is 1. The third-order valence-corrected chi connectivity index (χ3v) is 2.14. The van der Waals surface area contributed by atoms with E-state index in [1.807, 2.05) is 0 Å². The molecule has 0 radical (unpaired) electrons. The van der Waals surface area contributed by atoms with Gasteiger partial charge in [0, 0.05) is 6.20 Å². The second kappa shape index (κ2) is 3.06. The van der Waals surface area contributed by atoms with Gasteiger partial charge in [0.25, 0.3) is 0 Å². The Morgan fingerprint density at radius 3 is 3.17 bits per heavy atom. The first-order chi connectivity index (χ1) is 5.88. The largest absolute Gasteiger partial charge is 0.307 e. The van der Waals surface area contributed by atoms with Crippen LogP contribution >= 0.6 is 0 Å². The summed E-state index contributed by atoms with van der Waals surface area (Å²) in [6.45, 7) is 0.949. The van der Waals surface area contributed by atoms with Crippen molar-refractivity contribution >= 4 is 5.78 Å². The monoisotopic (exact) mass is 165 g/mol. The third kappa shape index (κ3) is 1.25. The summed E-state index contributed by atoms with van der Waals surface area (Å²) >= 11 is 0. The summed E-state index contributed by atoms with van der Waals surface area (Å²) in [5, 5.41) is 9.56. The Bertz CT molecular complexity index is 262. The fraction of sp³-hybridized carbons (Fsp3) is 0.500. The van der Waals surface area contributed by atoms with E-state index in [2.05, 4.69) is 15.5 Å². The van der Waals surface area contributed by atoms with Crippen molar-refractivity contribution in [3.05, 3.63) is 18.0 Å². The van der Waals surface area contributed by atoms with Crippen LogP contribution in [-0.2, 0) is 0 Å². The molecule has 0 saturated carbocycles. The molecule has 2 rings (SSSR count). The number of rotatable bonds is 2. The van der Waals surface area contributed by atoms with Gasteiger partial charge in [-0.2, -0.15) is 5.10 Å². The number of hydrogen-bond acceptors (Lipinski definition) is 3. The van der Waals surface area contributed by atoms with Gasteiger partial charge >= 0.3 is 0 Å². The zero-order valence-electron chi connectivity index (χ0n) is 6.71. The minimum atomic E-state index is 0.00505. The predicted molar refractivity (Wildman–Crippen MR) is 43.9 cm³/mol. The SMILES string of the molecule is O=C(c1ccn[nH]1)C1CCCN1. The molecule has 12 heavy (non-hydrogen) atoms. The van der Waals surface area contributed by atoms with E-state index in [0.717, 1.165) is 19.4 Å². The van der Waals surface area contributed by atoms with Crippen molar-refractivity contribution in [3.8, 4) is 0 Å². The molecular formula is C8H11N3O. The highest BCUT2D eigenvalue weighted by atomic mass is 16.1. The first-order valence-electron chi connectivity index (χ1n) is 4.15. The van der Waals surface area contributed by atoms with E-state index in [-0.39, 0.29) is 11.8 Å². The van der Waals surface area contributed by atoms with Crippen LogP contribution in [0.15, 0.2) is 12.3 Å². The molecule has 1 aromatic rings. The van der Waals surface area contributed by atoms with Gasteiger partial charge in [0.1, 0.15) is 5.69 Å². The topological polar surface area (TPSA) is 57.8 Å². The Kier molecular flexibility index (Phi) is 1.91. The highest BCUT2D eigenvalue weighted by molar-refractivity contribution is 5.98. The summed E-state index contributed by atoms with van der Waals surface area (Å²) in [7, 11) is 0. The zero-order chi connectivity index (χ0) is 8.39. The lowest BCUT2D eigenvalue weighted by Crippen LogP contribution is -2.30. The summed E-state index contributed by atoms with van der Waals surface area (Å²) in [6, 6.07) is 1.72. The van der Waals surface area contributed by atoms with Gasteiger partial charge in [-0.15, -0.1) is 0 Å². The van der Waals surface area contributed by atoms with Crippen molar-refractivity contribution in [3.63, 3.8) is 0 Å². The summed E-state index contributed by atoms with van der Waals surface area (Å²) < 4.78 is 0. The number of hydrogen-bond donors (Lipinski definition) is 2. The second-order valence-electron chi connectivity index (χ2n) is 2.98. The minimum absolute atomic E-state index is 0.00505. The maximum Gasteiger partial charge on any atom is 0.197 e. The number of aromatic amines is 1. The Morgan fingerprint density at radius 1 is 1.67 bits per heavy atom. The van der Waals surface area contributed by atoms with Crippen LogP contribution in [0, 0.1) is 0 Å². The van der Waals surface area contributed by atoms with Crippen molar-refractivity contribution in [1.29, 1.82) is 0 Å². The van der Waals surface area contributed by atoms with Crippen molar-refractivity contribution in [2.75, 3.05) is 6.54 Å². The third-order valence-electron chi connectivity index (χ3n) is 2.14. The summed E-state index contributed by atoms with van der Waals surface area (Å²) in [6.07, 6.45) is 3.63. The standard InChI is InChI=1S/C8H11N3O/c12-8(6-2-1-4-9-6)7-3-5-10-11-7/h3,5-6,9H,1-2,4H2,(H,10,11). The molecule has 2 heterocycles. The van der Waals surface area contributed by atoms with Crippen LogP contribution in [0.4, 0.5) is 0 Å². The summed E-state index contributed by atoms with van der Waals surface area (Å²) in [5.74, 6) is 0.130. The molecule has 1 aromatic heterocycles. The Labute approximate surface area is 70.4 Å². The second-order valence-corrected chi connectivity index (χ2v) is 2.98. The Balaban J connectivity index is 2.09. The van der Waals surface area contributed by atoms with E-state index in [0.29, 0.717) is 5.69 Å². The molecule has 0 spiro atoms. The predicted octanol–water partition coefficient (Wildman–Crippen LogP) is 0.344. The van der Waals surface area contributed by atoms with E-state index in [4.69, 9.17) is 0 Å². The molecule has 1 saturated heterocycles. The molecule has 0 bridgehead atoms. The molecule has 2 N–H and O–H groups in total. The smallest absolute Gasteiger partial charge is 0.197 e. The van der Waals surface area contributed by atoms with Gasteiger partial charge in [-0.1, -0.05) is 0 Å². The summed E-state index contributed by atoms with van der Waals surface area (Å²) in [4.78, 5) is 11.6. The molecule has 1 fully saturated rings. The lowest BCUT2D eigenvalue weighted by molar-refractivity contribution is 0.0947. The van der Waals surface area contributed by atoms with Crippen LogP contribution < -0.4 is 5.32 Å². The highest BCUT2D eigenvalue weighted by Crippen LogP contribution is 2.09. The normalized spacial score (nSPS) is 22.8. The molecule has 4 nitrogen and oxygen atoms in total. The van der Waals surface area contributed by atoms with E-state index in [9.17, 15) is 4.79 Å². The quantitative estimate of drug-likeness (QED) is 0.621. The van der Waals surface area contributed by atoms with E-state index >= 15 is 0 Å². The van der Waals surface area contributed by atoms with Crippen LogP contribution in [-0.4, -0.2) is 28.6 Å². The average molecular weight is 165 g/mol. The van der Waals surface area contributed by atoms with Crippen LogP contribution in [0.25, 0.3) is 0 Å². The lowest BCUT2D eigenvalue weighted by atomic mass is 10.1. The lowest BCUT2D eigenvalue weighted by Gasteiger charge is -2.05. The van der Waals surface area contributed by atoms with Crippen LogP contribution in [0.2, 0.25) is 0 Å². The van der Waals surface area contributed by atoms with Crippen LogP contribution in [0.3, 0.4) is 0 Å². The van der Waals surface area contributed by atoms with Crippen molar-refractivity contribution in [1.82, 2.24) is 15.5 Å². The first-order valence-corrected chi connectivity index (χ1v) is 4.15. The van der Waals surface area contributed by atoms with Gasteiger partial charge in [0.2, 0.25) is 0 Å². The first kappa shape index (κ1) is 7.49. The molecular weight excluding hydrogens is 154 g/mol. The number of carbonyl (C=O) groups is 1. The molecule has 64 valence electrons. The average Bonchev–Trinajstić information content (AvgIpc) is 2.77. The maximum absolute atomic E-state index is 11.6. The van der Waals surface area contributed by atoms with E-state index < -0.39 is 0 Å². The number of aromatic nitrogens is 2. The number of nitrogens with zero attached hydrogens (tertiary/aromatic N) is 1. The van der Waals surface area contributed by atoms with Crippen LogP contribution in [0.5, 0.6) is 0 Å². The van der Waals surface area contributed by atoms with Gasteiger partial charge in [-0.05, 0) is 25.5 Å². The van der Waals surface area contributed by atoms with Gasteiger partial charge in [0.05, 0.1) is 6.04 Å². The number of H-pyrrole nitrogens is 1. The fourth-order valence-corrected chi connectivity index (χ4v) is 1.49. The van der Waals surface area contributed by atoms with Gasteiger partial charge < -0.3 is 5.32 Å². The molecule has 0 aliphatic carbocycles. The van der Waals surface area contributed by atoms with E-state index in [1.54, 1.807) is 12.3 Å². The van der Waals surface area contributed by atoms with Crippen molar-refractivity contribution in [2.24, 2.45) is 0 Å². The minimum Gasteiger partial charge on any atom is -0.307 e. The van der Waals surface area contributed by atoms with Gasteiger partial charge in [-0.25, -0.2) is 0 Å². The zero-order valence-corrected chi connectivity index (χ0v) is 6.71.